The Labute approximate surface area is 172 Å². The van der Waals surface area contributed by atoms with Crippen LogP contribution >= 0.6 is 23.2 Å². The number of aryl methyl sites for hydroxylation is 1. The number of carbonyl (C=O) groups excluding carboxylic acids is 3. The van der Waals surface area contributed by atoms with Gasteiger partial charge in [-0.3, -0.25) is 14.4 Å². The van der Waals surface area contributed by atoms with Gasteiger partial charge in [-0.1, -0.05) is 35.3 Å². The van der Waals surface area contributed by atoms with Crippen LogP contribution in [0.4, 0.5) is 11.4 Å². The van der Waals surface area contributed by atoms with Gasteiger partial charge in [0.1, 0.15) is 0 Å². The number of esters is 1. The molecule has 1 aliphatic rings. The fraction of sp³-hybridized carbons (Fsp3) is 0.250. The minimum atomic E-state index is -0.633. The largest absolute Gasteiger partial charge is 0.455 e. The molecule has 0 radical (unpaired) electrons. The summed E-state index contributed by atoms with van der Waals surface area (Å²) in [7, 11) is 0. The number of carbonyl (C=O) groups is 3. The molecular formula is C20H18Cl2N2O4. The van der Waals surface area contributed by atoms with Gasteiger partial charge in [0.25, 0.3) is 5.91 Å². The van der Waals surface area contributed by atoms with Crippen LogP contribution in [0.25, 0.3) is 0 Å². The molecule has 2 aromatic rings. The summed E-state index contributed by atoms with van der Waals surface area (Å²) in [5.41, 5.74) is 2.04. The van der Waals surface area contributed by atoms with E-state index >= 15 is 0 Å². The first-order valence-electron chi connectivity index (χ1n) is 8.62. The lowest BCUT2D eigenvalue weighted by Gasteiger charge is -2.17. The second-order valence-corrected chi connectivity index (χ2v) is 7.35. The van der Waals surface area contributed by atoms with E-state index in [1.54, 1.807) is 36.4 Å². The summed E-state index contributed by atoms with van der Waals surface area (Å²) in [5, 5.41) is 3.62. The fourth-order valence-corrected chi connectivity index (χ4v) is 3.25. The summed E-state index contributed by atoms with van der Waals surface area (Å²) in [5.74, 6) is -1.89. The molecule has 2 aromatic carbocycles. The zero-order valence-corrected chi connectivity index (χ0v) is 16.6. The maximum Gasteiger partial charge on any atom is 0.311 e. The van der Waals surface area contributed by atoms with Crippen LogP contribution in [0.5, 0.6) is 0 Å². The van der Waals surface area contributed by atoms with E-state index in [-0.39, 0.29) is 18.9 Å². The average molecular weight is 421 g/mol. The van der Waals surface area contributed by atoms with Gasteiger partial charge in [0.2, 0.25) is 5.91 Å². The van der Waals surface area contributed by atoms with Crippen LogP contribution in [0.15, 0.2) is 42.5 Å². The standard InChI is InChI=1S/C20H18Cl2N2O4/c1-12-5-6-16(9-17(12)22)24-10-13(7-19(24)26)20(27)28-11-18(25)23-15-4-2-3-14(21)8-15/h2-6,8-9,13H,7,10-11H2,1H3,(H,23,25)/t13-/m0/s1. The first kappa shape index (κ1) is 20.2. The Morgan fingerprint density at radius 2 is 2.00 bits per heavy atom. The molecule has 0 bridgehead atoms. The molecule has 8 heteroatoms. The van der Waals surface area contributed by atoms with E-state index in [9.17, 15) is 14.4 Å². The van der Waals surface area contributed by atoms with Crippen LogP contribution in [0.1, 0.15) is 12.0 Å². The summed E-state index contributed by atoms with van der Waals surface area (Å²) in [4.78, 5) is 38.0. The molecule has 1 aliphatic heterocycles. The van der Waals surface area contributed by atoms with Crippen molar-refractivity contribution in [2.75, 3.05) is 23.4 Å². The normalized spacial score (nSPS) is 16.2. The molecular weight excluding hydrogens is 403 g/mol. The van der Waals surface area contributed by atoms with Crippen LogP contribution < -0.4 is 10.2 Å². The number of ether oxygens (including phenoxy) is 1. The van der Waals surface area contributed by atoms with E-state index in [0.717, 1.165) is 5.56 Å². The zero-order chi connectivity index (χ0) is 20.3. The molecule has 1 N–H and O–H groups in total. The maximum atomic E-state index is 12.3. The van der Waals surface area contributed by atoms with Crippen LogP contribution in [0.3, 0.4) is 0 Å². The molecule has 0 aliphatic carbocycles. The third kappa shape index (κ3) is 4.82. The van der Waals surface area contributed by atoms with E-state index in [0.29, 0.717) is 21.4 Å². The predicted octanol–water partition coefficient (Wildman–Crippen LogP) is 3.84. The average Bonchev–Trinajstić information content (AvgIpc) is 3.04. The second-order valence-electron chi connectivity index (χ2n) is 6.51. The summed E-state index contributed by atoms with van der Waals surface area (Å²) >= 11 is 12.0. The van der Waals surface area contributed by atoms with Gasteiger partial charge in [-0.2, -0.15) is 0 Å². The Bertz CT molecular complexity index is 932. The van der Waals surface area contributed by atoms with E-state index in [1.165, 1.54) is 4.90 Å². The zero-order valence-electron chi connectivity index (χ0n) is 15.1. The number of amides is 2. The molecule has 1 atom stereocenters. The number of nitrogens with one attached hydrogen (secondary N) is 1. The topological polar surface area (TPSA) is 75.7 Å². The van der Waals surface area contributed by atoms with Gasteiger partial charge in [0.15, 0.2) is 6.61 Å². The van der Waals surface area contributed by atoms with Gasteiger partial charge >= 0.3 is 5.97 Å². The minimum Gasteiger partial charge on any atom is -0.455 e. The van der Waals surface area contributed by atoms with Crippen molar-refractivity contribution in [3.8, 4) is 0 Å². The lowest BCUT2D eigenvalue weighted by Crippen LogP contribution is -2.28. The van der Waals surface area contributed by atoms with Crippen LogP contribution in [-0.4, -0.2) is 30.9 Å². The highest BCUT2D eigenvalue weighted by Crippen LogP contribution is 2.29. The van der Waals surface area contributed by atoms with Crippen molar-refractivity contribution in [1.82, 2.24) is 0 Å². The SMILES string of the molecule is Cc1ccc(N2C[C@@H](C(=O)OCC(=O)Nc3cccc(Cl)c3)CC2=O)cc1Cl. The molecule has 0 saturated carbocycles. The van der Waals surface area contributed by atoms with E-state index in [2.05, 4.69) is 5.32 Å². The van der Waals surface area contributed by atoms with Crippen molar-refractivity contribution in [3.63, 3.8) is 0 Å². The second kappa shape index (κ2) is 8.63. The van der Waals surface area contributed by atoms with Crippen LogP contribution in [0, 0.1) is 12.8 Å². The van der Waals surface area contributed by atoms with E-state index < -0.39 is 24.4 Å². The number of halogens is 2. The quantitative estimate of drug-likeness (QED) is 0.745. The maximum absolute atomic E-state index is 12.3. The minimum absolute atomic E-state index is 0.0280. The van der Waals surface area contributed by atoms with Gasteiger partial charge in [-0.15, -0.1) is 0 Å². The Morgan fingerprint density at radius 3 is 2.71 bits per heavy atom. The molecule has 0 aromatic heterocycles. The van der Waals surface area contributed by atoms with E-state index in [1.807, 2.05) is 13.0 Å². The number of anilines is 2. The summed E-state index contributed by atoms with van der Waals surface area (Å²) in [6.07, 6.45) is 0.0280. The number of rotatable bonds is 5. The van der Waals surface area contributed by atoms with Crippen molar-refractivity contribution < 1.29 is 19.1 Å². The highest BCUT2D eigenvalue weighted by atomic mass is 35.5. The lowest BCUT2D eigenvalue weighted by molar-refractivity contribution is -0.151. The Hall–Kier alpha value is -2.57. The molecule has 1 saturated heterocycles. The van der Waals surface area contributed by atoms with E-state index in [4.69, 9.17) is 27.9 Å². The molecule has 146 valence electrons. The van der Waals surface area contributed by atoms with Crippen molar-refractivity contribution >= 4 is 52.4 Å². The van der Waals surface area contributed by atoms with Crippen molar-refractivity contribution in [1.29, 1.82) is 0 Å². The van der Waals surface area contributed by atoms with Gasteiger partial charge in [-0.25, -0.2) is 0 Å². The Morgan fingerprint density at radius 1 is 1.21 bits per heavy atom. The van der Waals surface area contributed by atoms with Gasteiger partial charge in [0, 0.05) is 34.4 Å². The third-order valence-electron chi connectivity index (χ3n) is 4.38. The smallest absolute Gasteiger partial charge is 0.311 e. The molecule has 28 heavy (non-hydrogen) atoms. The Kier molecular flexibility index (Phi) is 6.21. The first-order valence-corrected chi connectivity index (χ1v) is 9.37. The van der Waals surface area contributed by atoms with Gasteiger partial charge < -0.3 is 15.0 Å². The molecule has 3 rings (SSSR count). The molecule has 0 spiro atoms. The molecule has 2 amide bonds. The van der Waals surface area contributed by atoms with Gasteiger partial charge in [0.05, 0.1) is 5.92 Å². The molecule has 1 heterocycles. The fourth-order valence-electron chi connectivity index (χ4n) is 2.88. The van der Waals surface area contributed by atoms with Crippen LogP contribution in [0.2, 0.25) is 10.0 Å². The molecule has 6 nitrogen and oxygen atoms in total. The number of nitrogens with zero attached hydrogens (tertiary/aromatic N) is 1. The van der Waals surface area contributed by atoms with Crippen LogP contribution in [-0.2, 0) is 19.1 Å². The van der Waals surface area contributed by atoms with Crippen molar-refractivity contribution in [2.24, 2.45) is 5.92 Å². The van der Waals surface area contributed by atoms with Gasteiger partial charge in [-0.05, 0) is 42.8 Å². The summed E-state index contributed by atoms with van der Waals surface area (Å²) < 4.78 is 5.08. The number of hydrogen-bond acceptors (Lipinski definition) is 4. The summed E-state index contributed by atoms with van der Waals surface area (Å²) in [6, 6.07) is 11.9. The highest BCUT2D eigenvalue weighted by Gasteiger charge is 2.36. The van der Waals surface area contributed by atoms with Crippen molar-refractivity contribution in [3.05, 3.63) is 58.1 Å². The molecule has 0 unspecified atom stereocenters. The number of hydrogen-bond donors (Lipinski definition) is 1. The highest BCUT2D eigenvalue weighted by molar-refractivity contribution is 6.31. The van der Waals surface area contributed by atoms with Crippen molar-refractivity contribution in [2.45, 2.75) is 13.3 Å². The monoisotopic (exact) mass is 420 g/mol. The lowest BCUT2D eigenvalue weighted by atomic mass is 10.1. The third-order valence-corrected chi connectivity index (χ3v) is 5.02. The first-order chi connectivity index (χ1) is 13.3. The number of benzene rings is 2. The summed E-state index contributed by atoms with van der Waals surface area (Å²) in [6.45, 7) is 1.62. The Balaban J connectivity index is 1.54. The predicted molar refractivity (Wildman–Crippen MR) is 108 cm³/mol. The molecule has 1 fully saturated rings.